The normalized spacial score (nSPS) is 13.1. The van der Waals surface area contributed by atoms with Gasteiger partial charge >= 0.3 is 0 Å². The molecule has 1 amide bonds. The van der Waals surface area contributed by atoms with Crippen LogP contribution in [0.5, 0.6) is 0 Å². The number of amides is 1. The van der Waals surface area contributed by atoms with Gasteiger partial charge in [-0.25, -0.2) is 0 Å². The quantitative estimate of drug-likeness (QED) is 0.159. The highest BCUT2D eigenvalue weighted by Crippen LogP contribution is 2.25. The van der Waals surface area contributed by atoms with E-state index in [1.165, 1.54) is 11.8 Å². The molecule has 0 saturated carbocycles. The zero-order chi connectivity index (χ0) is 30.6. The van der Waals surface area contributed by atoms with Crippen LogP contribution in [0.4, 0.5) is 4.39 Å². The number of aromatic nitrogens is 2. The molecule has 0 aliphatic heterocycles. The molecule has 7 nitrogen and oxygen atoms in total. The van der Waals surface area contributed by atoms with Crippen LogP contribution >= 0.6 is 0 Å². The van der Waals surface area contributed by atoms with Gasteiger partial charge in [0.2, 0.25) is 5.91 Å². The Morgan fingerprint density at radius 1 is 1.22 bits per heavy atom. The van der Waals surface area contributed by atoms with Crippen LogP contribution in [0, 0.1) is 24.2 Å². The van der Waals surface area contributed by atoms with Crippen LogP contribution < -0.4 is 5.32 Å². The zero-order valence-corrected chi connectivity index (χ0v) is 25.6. The Kier molecular flexibility index (Phi) is 17.5. The van der Waals surface area contributed by atoms with Crippen molar-refractivity contribution in [2.24, 2.45) is 16.8 Å². The first-order valence-electron chi connectivity index (χ1n) is 14.2. The summed E-state index contributed by atoms with van der Waals surface area (Å²) in [6.45, 7) is 17.1. The number of halogens is 1. The van der Waals surface area contributed by atoms with Crippen LogP contribution in [-0.4, -0.2) is 59.8 Å². The number of carbonyl (C=O) groups is 1. The van der Waals surface area contributed by atoms with Crippen molar-refractivity contribution in [3.05, 3.63) is 90.3 Å². The number of rotatable bonds is 18. The Morgan fingerprint density at radius 3 is 2.46 bits per heavy atom. The van der Waals surface area contributed by atoms with E-state index in [0.29, 0.717) is 20.3 Å². The highest BCUT2D eigenvalue weighted by molar-refractivity contribution is 6.13. The van der Waals surface area contributed by atoms with Crippen LogP contribution in [0.15, 0.2) is 78.5 Å². The van der Waals surface area contributed by atoms with E-state index in [2.05, 4.69) is 65.7 Å². The van der Waals surface area contributed by atoms with Crippen molar-refractivity contribution in [2.45, 2.75) is 59.7 Å². The number of aliphatic imine (C=N–C) groups is 1. The van der Waals surface area contributed by atoms with E-state index in [0.717, 1.165) is 61.4 Å². The number of benzene rings is 1. The SMILES string of the molecule is C=CCCC(C=C)C(=C/CC=N)/C(=N\Cn1ccc(C)n1)c1ccc(CN(CC)CCC(C)C(=O)NC)cc1.CF. The summed E-state index contributed by atoms with van der Waals surface area (Å²) in [5, 5.41) is 14.9. The van der Waals surface area contributed by atoms with Crippen molar-refractivity contribution in [3.63, 3.8) is 0 Å². The minimum atomic E-state index is -0.00570. The van der Waals surface area contributed by atoms with Gasteiger partial charge in [0.25, 0.3) is 0 Å². The highest BCUT2D eigenvalue weighted by atomic mass is 19.1. The van der Waals surface area contributed by atoms with Gasteiger partial charge in [-0.1, -0.05) is 56.3 Å². The van der Waals surface area contributed by atoms with Gasteiger partial charge in [0.15, 0.2) is 0 Å². The molecule has 0 fully saturated rings. The van der Waals surface area contributed by atoms with E-state index in [4.69, 9.17) is 10.4 Å². The number of hydrogen-bond donors (Lipinski definition) is 2. The fraction of sp³-hybridized carbons (Fsp3) is 0.455. The molecule has 0 aliphatic rings. The summed E-state index contributed by atoms with van der Waals surface area (Å²) < 4.78 is 11.3. The molecular weight excluding hydrogens is 515 g/mol. The molecule has 41 heavy (non-hydrogen) atoms. The van der Waals surface area contributed by atoms with Gasteiger partial charge in [0, 0.05) is 43.6 Å². The van der Waals surface area contributed by atoms with Crippen molar-refractivity contribution >= 4 is 17.8 Å². The maximum Gasteiger partial charge on any atom is 0.222 e. The van der Waals surface area contributed by atoms with Gasteiger partial charge in [-0.3, -0.25) is 23.8 Å². The summed E-state index contributed by atoms with van der Waals surface area (Å²) in [4.78, 5) is 19.3. The highest BCUT2D eigenvalue weighted by Gasteiger charge is 2.18. The van der Waals surface area contributed by atoms with Crippen LogP contribution in [-0.2, 0) is 18.0 Å². The van der Waals surface area contributed by atoms with Gasteiger partial charge in [0.1, 0.15) is 6.67 Å². The molecule has 1 aromatic heterocycles. The number of carbonyl (C=O) groups excluding carboxylic acids is 1. The summed E-state index contributed by atoms with van der Waals surface area (Å²) in [7, 11) is 2.19. The Balaban J connectivity index is 0.00000411. The monoisotopic (exact) mass is 564 g/mol. The fourth-order valence-electron chi connectivity index (χ4n) is 4.47. The third kappa shape index (κ3) is 12.2. The molecule has 2 aromatic rings. The average molecular weight is 565 g/mol. The lowest BCUT2D eigenvalue weighted by Gasteiger charge is -2.23. The van der Waals surface area contributed by atoms with Crippen molar-refractivity contribution < 1.29 is 9.18 Å². The number of nitrogens with one attached hydrogen (secondary N) is 2. The summed E-state index contributed by atoms with van der Waals surface area (Å²) >= 11 is 0. The molecule has 2 N–H and O–H groups in total. The lowest BCUT2D eigenvalue weighted by molar-refractivity contribution is -0.124. The number of alkyl halides is 1. The van der Waals surface area contributed by atoms with Gasteiger partial charge in [-0.05, 0) is 62.7 Å². The second-order valence-corrected chi connectivity index (χ2v) is 9.82. The Labute approximate surface area is 246 Å². The third-order valence-electron chi connectivity index (χ3n) is 6.90. The van der Waals surface area contributed by atoms with E-state index in [1.54, 1.807) is 7.05 Å². The van der Waals surface area contributed by atoms with Gasteiger partial charge < -0.3 is 10.7 Å². The lowest BCUT2D eigenvalue weighted by atomic mass is 9.86. The Hall–Kier alpha value is -3.65. The van der Waals surface area contributed by atoms with E-state index >= 15 is 0 Å². The minimum absolute atomic E-state index is 0.00570. The number of hydrogen-bond acceptors (Lipinski definition) is 5. The van der Waals surface area contributed by atoms with E-state index in [-0.39, 0.29) is 17.7 Å². The smallest absolute Gasteiger partial charge is 0.222 e. The molecule has 2 rings (SSSR count). The summed E-state index contributed by atoms with van der Waals surface area (Å²) in [5.74, 6) is 0.178. The van der Waals surface area contributed by atoms with Crippen molar-refractivity contribution in [1.29, 1.82) is 5.41 Å². The standard InChI is InChI=1S/C32H46N6O.CH3F/c1-7-10-12-28(8-2)30(13-11-20-33)31(35-24-38-22-19-26(5)36-38)29-16-14-27(15-17-29)23-37(9-3)21-18-25(4)32(39)34-6;1-2/h7-8,13-17,19-20,22,25,28,33H,1-2,9-12,18,21,23-24H2,3-6H3,(H,34,39);1H3/b30-13-,33-20?,35-31-;. The van der Waals surface area contributed by atoms with Crippen LogP contribution in [0.1, 0.15) is 56.4 Å². The topological polar surface area (TPSA) is 86.4 Å². The molecule has 0 spiro atoms. The Bertz CT molecular complexity index is 1130. The lowest BCUT2D eigenvalue weighted by Crippen LogP contribution is -2.30. The minimum Gasteiger partial charge on any atom is -0.359 e. The molecule has 8 heteroatoms. The number of aryl methyl sites for hydroxylation is 1. The molecule has 0 saturated heterocycles. The molecular formula is C33H49FN6O. The van der Waals surface area contributed by atoms with Gasteiger partial charge in [0.05, 0.1) is 18.6 Å². The molecule has 2 unspecified atom stereocenters. The number of nitrogens with zero attached hydrogens (tertiary/aromatic N) is 4. The molecule has 1 aromatic carbocycles. The molecule has 224 valence electrons. The first-order valence-corrected chi connectivity index (χ1v) is 14.2. The summed E-state index contributed by atoms with van der Waals surface area (Å²) in [6.07, 6.45) is 12.5. The predicted octanol–water partition coefficient (Wildman–Crippen LogP) is 6.55. The summed E-state index contributed by atoms with van der Waals surface area (Å²) in [6, 6.07) is 10.6. The molecule has 0 aliphatic carbocycles. The molecule has 0 bridgehead atoms. The van der Waals surface area contributed by atoms with E-state index in [9.17, 15) is 9.18 Å². The largest absolute Gasteiger partial charge is 0.359 e. The van der Waals surface area contributed by atoms with E-state index in [1.807, 2.05) is 42.9 Å². The molecule has 2 atom stereocenters. The zero-order valence-electron chi connectivity index (χ0n) is 25.6. The van der Waals surface area contributed by atoms with Crippen LogP contribution in [0.2, 0.25) is 0 Å². The fourth-order valence-corrected chi connectivity index (χ4v) is 4.47. The van der Waals surface area contributed by atoms with Crippen molar-refractivity contribution in [2.75, 3.05) is 27.3 Å². The second-order valence-electron chi connectivity index (χ2n) is 9.82. The second kappa shape index (κ2) is 20.3. The third-order valence-corrected chi connectivity index (χ3v) is 6.90. The van der Waals surface area contributed by atoms with Crippen molar-refractivity contribution in [1.82, 2.24) is 20.0 Å². The molecule has 1 heterocycles. The summed E-state index contributed by atoms with van der Waals surface area (Å²) in [5.41, 5.74) is 5.17. The number of allylic oxidation sites excluding steroid dienone is 4. The predicted molar refractivity (Wildman–Crippen MR) is 170 cm³/mol. The molecule has 0 radical (unpaired) electrons. The average Bonchev–Trinajstić information content (AvgIpc) is 3.43. The first kappa shape index (κ1) is 35.4. The van der Waals surface area contributed by atoms with Crippen molar-refractivity contribution in [3.8, 4) is 0 Å². The van der Waals surface area contributed by atoms with Gasteiger partial charge in [-0.15, -0.1) is 13.2 Å². The van der Waals surface area contributed by atoms with Crippen LogP contribution in [0.3, 0.4) is 0 Å². The van der Waals surface area contributed by atoms with E-state index < -0.39 is 0 Å². The van der Waals surface area contributed by atoms with Crippen LogP contribution in [0.25, 0.3) is 0 Å². The van der Waals surface area contributed by atoms with Gasteiger partial charge in [-0.2, -0.15) is 5.10 Å². The maximum absolute atomic E-state index is 11.9. The maximum atomic E-state index is 11.9. The first-order chi connectivity index (χ1) is 19.9. The Morgan fingerprint density at radius 2 is 1.93 bits per heavy atom.